The standard InChI is InChI=1S/C19H31N3OS/c23-19(6-5-16-7-9-20-10-8-16)21-13-17-3-1-11-22(14-17)15-18-4-2-12-24-18/h2,4,12,16-17,20H,1,3,5-11,13-15H2,(H,21,23). The zero-order valence-corrected chi connectivity index (χ0v) is 15.5. The van der Waals surface area contributed by atoms with Crippen LogP contribution in [0.1, 0.15) is 43.4 Å². The molecule has 3 heterocycles. The maximum absolute atomic E-state index is 12.1. The molecule has 1 aromatic heterocycles. The Bertz CT molecular complexity index is 485. The second-order valence-corrected chi connectivity index (χ2v) is 8.39. The molecule has 24 heavy (non-hydrogen) atoms. The third-order valence-electron chi connectivity index (χ3n) is 5.39. The van der Waals surface area contributed by atoms with Crippen LogP contribution in [0.3, 0.4) is 0 Å². The fraction of sp³-hybridized carbons (Fsp3) is 0.737. The minimum atomic E-state index is 0.254. The van der Waals surface area contributed by atoms with Gasteiger partial charge in [-0.3, -0.25) is 9.69 Å². The molecule has 1 unspecified atom stereocenters. The van der Waals surface area contributed by atoms with Gasteiger partial charge in [-0.05, 0) is 75.0 Å². The van der Waals surface area contributed by atoms with Gasteiger partial charge in [0.25, 0.3) is 0 Å². The molecule has 4 nitrogen and oxygen atoms in total. The highest BCUT2D eigenvalue weighted by atomic mass is 32.1. The molecule has 2 fully saturated rings. The van der Waals surface area contributed by atoms with E-state index >= 15 is 0 Å². The Morgan fingerprint density at radius 3 is 2.96 bits per heavy atom. The van der Waals surface area contributed by atoms with Crippen LogP contribution in [-0.4, -0.2) is 43.5 Å². The maximum Gasteiger partial charge on any atom is 0.220 e. The van der Waals surface area contributed by atoms with Crippen molar-refractivity contribution in [2.45, 2.75) is 45.1 Å². The minimum Gasteiger partial charge on any atom is -0.356 e. The van der Waals surface area contributed by atoms with Crippen molar-refractivity contribution < 1.29 is 4.79 Å². The maximum atomic E-state index is 12.1. The first kappa shape index (κ1) is 17.9. The summed E-state index contributed by atoms with van der Waals surface area (Å²) in [7, 11) is 0. The number of hydrogen-bond donors (Lipinski definition) is 2. The summed E-state index contributed by atoms with van der Waals surface area (Å²) in [5, 5.41) is 8.73. The highest BCUT2D eigenvalue weighted by Gasteiger charge is 2.21. The predicted molar refractivity (Wildman–Crippen MR) is 100 cm³/mol. The molecule has 0 spiro atoms. The lowest BCUT2D eigenvalue weighted by Gasteiger charge is -2.32. The average Bonchev–Trinajstić information content (AvgIpc) is 3.12. The number of likely N-dealkylation sites (tertiary alicyclic amines) is 1. The predicted octanol–water partition coefficient (Wildman–Crippen LogP) is 2.86. The van der Waals surface area contributed by atoms with Crippen LogP contribution in [0.4, 0.5) is 0 Å². The Morgan fingerprint density at radius 2 is 2.17 bits per heavy atom. The van der Waals surface area contributed by atoms with Crippen LogP contribution in [0.2, 0.25) is 0 Å². The van der Waals surface area contributed by atoms with Gasteiger partial charge in [0, 0.05) is 30.9 Å². The van der Waals surface area contributed by atoms with Gasteiger partial charge in [-0.2, -0.15) is 0 Å². The smallest absolute Gasteiger partial charge is 0.220 e. The van der Waals surface area contributed by atoms with E-state index in [1.807, 2.05) is 11.3 Å². The van der Waals surface area contributed by atoms with Crippen LogP contribution in [0.25, 0.3) is 0 Å². The number of hydrogen-bond acceptors (Lipinski definition) is 4. The summed E-state index contributed by atoms with van der Waals surface area (Å²) in [5.41, 5.74) is 0. The van der Waals surface area contributed by atoms with Crippen LogP contribution < -0.4 is 10.6 Å². The Kier molecular flexibility index (Phi) is 7.12. The molecule has 0 aliphatic carbocycles. The Balaban J connectivity index is 1.32. The number of amides is 1. The van der Waals surface area contributed by atoms with Crippen LogP contribution >= 0.6 is 11.3 Å². The van der Waals surface area contributed by atoms with E-state index < -0.39 is 0 Å². The number of carbonyl (C=O) groups is 1. The molecule has 2 N–H and O–H groups in total. The second-order valence-electron chi connectivity index (χ2n) is 7.36. The first-order valence-corrected chi connectivity index (χ1v) is 10.4. The van der Waals surface area contributed by atoms with E-state index in [0.29, 0.717) is 12.3 Å². The number of rotatable bonds is 7. The lowest BCUT2D eigenvalue weighted by molar-refractivity contribution is -0.121. The largest absolute Gasteiger partial charge is 0.356 e. The van der Waals surface area contributed by atoms with Gasteiger partial charge in [-0.25, -0.2) is 0 Å². The Hall–Kier alpha value is -0.910. The minimum absolute atomic E-state index is 0.254. The Labute approximate surface area is 150 Å². The molecular weight excluding hydrogens is 318 g/mol. The quantitative estimate of drug-likeness (QED) is 0.796. The average molecular weight is 350 g/mol. The molecule has 2 saturated heterocycles. The van der Waals surface area contributed by atoms with Gasteiger partial charge in [0.15, 0.2) is 0 Å². The van der Waals surface area contributed by atoms with Crippen molar-refractivity contribution in [3.63, 3.8) is 0 Å². The number of piperidine rings is 2. The van der Waals surface area contributed by atoms with Crippen LogP contribution in [0.15, 0.2) is 17.5 Å². The zero-order chi connectivity index (χ0) is 16.6. The van der Waals surface area contributed by atoms with Crippen molar-refractivity contribution in [1.29, 1.82) is 0 Å². The summed E-state index contributed by atoms with van der Waals surface area (Å²) in [4.78, 5) is 16.1. The molecule has 0 saturated carbocycles. The topological polar surface area (TPSA) is 44.4 Å². The number of carbonyl (C=O) groups excluding carboxylic acids is 1. The van der Waals surface area contributed by atoms with Gasteiger partial charge in [0.2, 0.25) is 5.91 Å². The Morgan fingerprint density at radius 1 is 1.29 bits per heavy atom. The van der Waals surface area contributed by atoms with E-state index in [1.54, 1.807) is 0 Å². The lowest BCUT2D eigenvalue weighted by Crippen LogP contribution is -2.40. The van der Waals surface area contributed by atoms with Gasteiger partial charge in [0.1, 0.15) is 0 Å². The van der Waals surface area contributed by atoms with Crippen LogP contribution in [0.5, 0.6) is 0 Å². The zero-order valence-electron chi connectivity index (χ0n) is 14.6. The van der Waals surface area contributed by atoms with Crippen molar-refractivity contribution in [1.82, 2.24) is 15.5 Å². The van der Waals surface area contributed by atoms with E-state index in [2.05, 4.69) is 33.0 Å². The first-order valence-electron chi connectivity index (χ1n) is 9.52. The summed E-state index contributed by atoms with van der Waals surface area (Å²) >= 11 is 1.84. The molecule has 0 aromatic carbocycles. The van der Waals surface area contributed by atoms with Gasteiger partial charge in [-0.15, -0.1) is 11.3 Å². The third-order valence-corrected chi connectivity index (χ3v) is 6.25. The van der Waals surface area contributed by atoms with Crippen molar-refractivity contribution in [2.24, 2.45) is 11.8 Å². The lowest BCUT2D eigenvalue weighted by atomic mass is 9.93. The summed E-state index contributed by atoms with van der Waals surface area (Å²) in [6.45, 7) is 6.47. The summed E-state index contributed by atoms with van der Waals surface area (Å²) in [5.74, 6) is 1.61. The van der Waals surface area contributed by atoms with Gasteiger partial charge in [0.05, 0.1) is 0 Å². The van der Waals surface area contributed by atoms with Gasteiger partial charge < -0.3 is 10.6 Å². The van der Waals surface area contributed by atoms with Crippen LogP contribution in [0, 0.1) is 11.8 Å². The van der Waals surface area contributed by atoms with E-state index in [-0.39, 0.29) is 5.91 Å². The van der Waals surface area contributed by atoms with Gasteiger partial charge in [-0.1, -0.05) is 6.07 Å². The van der Waals surface area contributed by atoms with E-state index in [0.717, 1.165) is 45.1 Å². The number of nitrogens with one attached hydrogen (secondary N) is 2. The molecule has 3 rings (SSSR count). The fourth-order valence-electron chi connectivity index (χ4n) is 3.94. The summed E-state index contributed by atoms with van der Waals surface area (Å²) < 4.78 is 0. The molecule has 0 radical (unpaired) electrons. The molecule has 1 amide bonds. The van der Waals surface area contributed by atoms with Crippen molar-refractivity contribution >= 4 is 17.2 Å². The molecule has 2 aliphatic rings. The number of thiophene rings is 1. The molecular formula is C19H31N3OS. The third kappa shape index (κ3) is 5.87. The van der Waals surface area contributed by atoms with Crippen molar-refractivity contribution in [2.75, 3.05) is 32.7 Å². The van der Waals surface area contributed by atoms with Gasteiger partial charge >= 0.3 is 0 Å². The van der Waals surface area contributed by atoms with E-state index in [1.165, 1.54) is 37.1 Å². The van der Waals surface area contributed by atoms with E-state index in [4.69, 9.17) is 0 Å². The molecule has 0 bridgehead atoms. The first-order chi connectivity index (χ1) is 11.8. The molecule has 1 atom stereocenters. The highest BCUT2D eigenvalue weighted by molar-refractivity contribution is 7.09. The molecule has 134 valence electrons. The van der Waals surface area contributed by atoms with Crippen molar-refractivity contribution in [3.05, 3.63) is 22.4 Å². The van der Waals surface area contributed by atoms with Crippen molar-refractivity contribution in [3.8, 4) is 0 Å². The molecule has 1 aromatic rings. The number of nitrogens with zero attached hydrogens (tertiary/aromatic N) is 1. The fourth-order valence-corrected chi connectivity index (χ4v) is 4.68. The van der Waals surface area contributed by atoms with E-state index in [9.17, 15) is 4.79 Å². The summed E-state index contributed by atoms with van der Waals surface area (Å²) in [6, 6.07) is 4.35. The molecule has 2 aliphatic heterocycles. The second kappa shape index (κ2) is 9.54. The SMILES string of the molecule is O=C(CCC1CCNCC1)NCC1CCCN(Cc2cccs2)C1. The normalized spacial score (nSPS) is 23.2. The molecule has 5 heteroatoms. The van der Waals surface area contributed by atoms with Crippen LogP contribution in [-0.2, 0) is 11.3 Å². The highest BCUT2D eigenvalue weighted by Crippen LogP contribution is 2.20. The summed E-state index contributed by atoms with van der Waals surface area (Å²) in [6.07, 6.45) is 6.72. The monoisotopic (exact) mass is 349 g/mol.